The summed E-state index contributed by atoms with van der Waals surface area (Å²) in [6.07, 6.45) is 14.3. The summed E-state index contributed by atoms with van der Waals surface area (Å²) in [4.78, 5) is 24.6. The van der Waals surface area contributed by atoms with Crippen LogP contribution in [0.25, 0.3) is 0 Å². The Balaban J connectivity index is 1.25. The summed E-state index contributed by atoms with van der Waals surface area (Å²) in [5.74, 6) is 1.20. The molecule has 0 unspecified atom stereocenters. The summed E-state index contributed by atoms with van der Waals surface area (Å²) in [5, 5.41) is 15.9. The predicted molar refractivity (Wildman–Crippen MR) is 157 cm³/mol. The molecule has 2 aromatic rings. The number of hydrazone groups is 1. The van der Waals surface area contributed by atoms with Crippen molar-refractivity contribution in [2.45, 2.75) is 70.3 Å². The van der Waals surface area contributed by atoms with Crippen molar-refractivity contribution in [2.24, 2.45) is 16.9 Å². The molecule has 1 N–H and O–H groups in total. The van der Waals surface area contributed by atoms with Crippen molar-refractivity contribution in [3.05, 3.63) is 65.7 Å². The van der Waals surface area contributed by atoms with Gasteiger partial charge in [-0.3, -0.25) is 4.79 Å². The van der Waals surface area contributed by atoms with Gasteiger partial charge >= 0.3 is 5.97 Å². The van der Waals surface area contributed by atoms with Gasteiger partial charge in [0.25, 0.3) is 0 Å². The third kappa shape index (κ3) is 6.92. The maximum Gasteiger partial charge on any atom is 0.335 e. The van der Waals surface area contributed by atoms with Crippen molar-refractivity contribution < 1.29 is 28.9 Å². The van der Waals surface area contributed by atoms with Crippen LogP contribution >= 0.6 is 0 Å². The zero-order valence-electron chi connectivity index (χ0n) is 23.8. The molecule has 2 atom stereocenters. The second kappa shape index (κ2) is 13.7. The van der Waals surface area contributed by atoms with Crippen LogP contribution in [0.1, 0.15) is 80.1 Å². The van der Waals surface area contributed by atoms with Gasteiger partial charge < -0.3 is 19.3 Å². The number of carbonyl (C=O) groups excluding carboxylic acids is 1. The number of unbranched alkanes of at least 4 members (excludes halogenated alkanes) is 1. The van der Waals surface area contributed by atoms with E-state index in [2.05, 4.69) is 12.2 Å². The topological polar surface area (TPSA) is 97.7 Å². The van der Waals surface area contributed by atoms with Gasteiger partial charge in [-0.2, -0.15) is 5.10 Å². The normalized spacial score (nSPS) is 21.0. The standard InChI is InChI=1S/C33H40N2O6/c1-39-29-19-16-24(22-30(29)41-21-9-8-20-40-26-17-14-23(15-18-26)33(37)38)31-27-12-6-7-13-28(27)32(36)35(34-31)25-10-4-2-3-5-11-25/h6-7,14-19,22,25,27-28H,2-5,8-13,20-21H2,1H3,(H,37,38)/t27-,28+/m0/s1. The first kappa shape index (κ1) is 28.7. The fourth-order valence-electron chi connectivity index (χ4n) is 6.05. The average molecular weight is 561 g/mol. The lowest BCUT2D eigenvalue weighted by atomic mass is 9.76. The van der Waals surface area contributed by atoms with Crippen molar-refractivity contribution in [1.82, 2.24) is 5.01 Å². The third-order valence-electron chi connectivity index (χ3n) is 8.34. The number of hydrogen-bond acceptors (Lipinski definition) is 6. The Kier molecular flexibility index (Phi) is 9.59. The van der Waals surface area contributed by atoms with Gasteiger partial charge in [-0.15, -0.1) is 0 Å². The second-order valence-corrected chi connectivity index (χ2v) is 11.1. The Hall–Kier alpha value is -3.81. The number of amides is 1. The van der Waals surface area contributed by atoms with Crippen molar-refractivity contribution in [3.8, 4) is 17.2 Å². The van der Waals surface area contributed by atoms with Crippen LogP contribution in [0.15, 0.2) is 59.7 Å². The molecule has 2 aliphatic carbocycles. The summed E-state index contributed by atoms with van der Waals surface area (Å²) < 4.78 is 17.5. The van der Waals surface area contributed by atoms with Crippen LogP contribution in [-0.2, 0) is 4.79 Å². The van der Waals surface area contributed by atoms with Crippen LogP contribution in [0.5, 0.6) is 17.2 Å². The molecule has 41 heavy (non-hydrogen) atoms. The van der Waals surface area contributed by atoms with E-state index in [0.29, 0.717) is 30.5 Å². The van der Waals surface area contributed by atoms with Crippen molar-refractivity contribution in [3.63, 3.8) is 0 Å². The van der Waals surface area contributed by atoms with E-state index in [4.69, 9.17) is 24.4 Å². The average Bonchev–Trinajstić information content (AvgIpc) is 3.29. The highest BCUT2D eigenvalue weighted by molar-refractivity contribution is 6.07. The van der Waals surface area contributed by atoms with E-state index in [-0.39, 0.29) is 29.3 Å². The van der Waals surface area contributed by atoms with Crippen LogP contribution in [0, 0.1) is 11.8 Å². The number of nitrogens with zero attached hydrogens (tertiary/aromatic N) is 2. The first-order chi connectivity index (χ1) is 20.0. The minimum absolute atomic E-state index is 0.0671. The minimum Gasteiger partial charge on any atom is -0.494 e. The van der Waals surface area contributed by atoms with Crippen LogP contribution in [0.2, 0.25) is 0 Å². The fourth-order valence-corrected chi connectivity index (χ4v) is 6.05. The Morgan fingerprint density at radius 2 is 1.59 bits per heavy atom. The number of methoxy groups -OCH3 is 1. The highest BCUT2D eigenvalue weighted by atomic mass is 16.5. The summed E-state index contributed by atoms with van der Waals surface area (Å²) >= 11 is 0. The molecule has 1 aliphatic heterocycles. The zero-order chi connectivity index (χ0) is 28.6. The summed E-state index contributed by atoms with van der Waals surface area (Å²) in [6, 6.07) is 12.6. The maximum absolute atomic E-state index is 13.6. The molecule has 8 nitrogen and oxygen atoms in total. The van der Waals surface area contributed by atoms with Gasteiger partial charge in [-0.25, -0.2) is 9.80 Å². The quantitative estimate of drug-likeness (QED) is 0.192. The number of ether oxygens (including phenoxy) is 3. The molecule has 1 amide bonds. The van der Waals surface area contributed by atoms with Crippen LogP contribution in [-0.4, -0.2) is 54.1 Å². The Morgan fingerprint density at radius 1 is 0.902 bits per heavy atom. The number of carbonyl (C=O) groups is 2. The number of carboxylic acid groups (broad SMARTS) is 1. The third-order valence-corrected chi connectivity index (χ3v) is 8.34. The van der Waals surface area contributed by atoms with Gasteiger partial charge in [0.15, 0.2) is 11.5 Å². The number of fused-ring (bicyclic) bond motifs is 1. The molecule has 0 bridgehead atoms. The van der Waals surface area contributed by atoms with E-state index < -0.39 is 5.97 Å². The van der Waals surface area contributed by atoms with E-state index >= 15 is 0 Å². The van der Waals surface area contributed by atoms with Gasteiger partial charge in [-0.1, -0.05) is 37.8 Å². The van der Waals surface area contributed by atoms with E-state index in [1.165, 1.54) is 25.0 Å². The highest BCUT2D eigenvalue weighted by Crippen LogP contribution is 2.39. The SMILES string of the molecule is COc1ccc(C2=NN(C3CCCCCC3)C(=O)[C@@H]3CC=CC[C@H]23)cc1OCCCCOc1ccc(C(=O)O)cc1. The summed E-state index contributed by atoms with van der Waals surface area (Å²) in [7, 11) is 1.64. The van der Waals surface area contributed by atoms with Gasteiger partial charge in [-0.05, 0) is 81.0 Å². The lowest BCUT2D eigenvalue weighted by molar-refractivity contribution is -0.140. The number of aromatic carboxylic acids is 1. The smallest absolute Gasteiger partial charge is 0.335 e. The summed E-state index contributed by atoms with van der Waals surface area (Å²) in [5.41, 5.74) is 2.18. The molecule has 3 aliphatic rings. The Bertz CT molecular complexity index is 1260. The molecule has 2 aromatic carbocycles. The van der Waals surface area contributed by atoms with Gasteiger partial charge in [0.05, 0.1) is 43.6 Å². The Labute approximate surface area is 242 Å². The van der Waals surface area contributed by atoms with Crippen molar-refractivity contribution >= 4 is 17.6 Å². The largest absolute Gasteiger partial charge is 0.494 e. The predicted octanol–water partition coefficient (Wildman–Crippen LogP) is 6.48. The van der Waals surface area contributed by atoms with Crippen molar-refractivity contribution in [2.75, 3.05) is 20.3 Å². The lowest BCUT2D eigenvalue weighted by Gasteiger charge is -2.40. The maximum atomic E-state index is 13.6. The molecule has 218 valence electrons. The minimum atomic E-state index is -0.954. The van der Waals surface area contributed by atoms with Crippen molar-refractivity contribution in [1.29, 1.82) is 0 Å². The summed E-state index contributed by atoms with van der Waals surface area (Å²) in [6.45, 7) is 1.00. The van der Waals surface area contributed by atoms with Crippen LogP contribution < -0.4 is 14.2 Å². The van der Waals surface area contributed by atoms with E-state index in [9.17, 15) is 9.59 Å². The van der Waals surface area contributed by atoms with E-state index in [1.807, 2.05) is 23.2 Å². The lowest BCUT2D eigenvalue weighted by Crippen LogP contribution is -2.49. The van der Waals surface area contributed by atoms with Crippen LogP contribution in [0.4, 0.5) is 0 Å². The number of allylic oxidation sites excluding steroid dienone is 2. The first-order valence-corrected chi connectivity index (χ1v) is 14.9. The molecule has 1 saturated carbocycles. The monoisotopic (exact) mass is 560 g/mol. The number of rotatable bonds is 11. The molecule has 0 aromatic heterocycles. The molecular formula is C33H40N2O6. The fraction of sp³-hybridized carbons (Fsp3) is 0.485. The van der Waals surface area contributed by atoms with Gasteiger partial charge in [0, 0.05) is 11.5 Å². The molecule has 0 radical (unpaired) electrons. The van der Waals surface area contributed by atoms with Gasteiger partial charge in [0.1, 0.15) is 5.75 Å². The van der Waals surface area contributed by atoms with Crippen LogP contribution in [0.3, 0.4) is 0 Å². The molecular weight excluding hydrogens is 520 g/mol. The van der Waals surface area contributed by atoms with E-state index in [0.717, 1.165) is 62.6 Å². The molecule has 5 rings (SSSR count). The van der Waals surface area contributed by atoms with Gasteiger partial charge in [0.2, 0.25) is 5.91 Å². The number of carboxylic acids is 1. The molecule has 1 fully saturated rings. The zero-order valence-corrected chi connectivity index (χ0v) is 23.8. The first-order valence-electron chi connectivity index (χ1n) is 14.9. The second-order valence-electron chi connectivity index (χ2n) is 11.1. The highest BCUT2D eigenvalue weighted by Gasteiger charge is 2.42. The van der Waals surface area contributed by atoms with E-state index in [1.54, 1.807) is 19.2 Å². The number of benzene rings is 2. The molecule has 1 heterocycles. The molecule has 0 spiro atoms. The molecule has 8 heteroatoms. The Morgan fingerprint density at radius 3 is 2.27 bits per heavy atom. The molecule has 0 saturated heterocycles. The number of hydrogen-bond donors (Lipinski definition) is 1.